The third-order valence-corrected chi connectivity index (χ3v) is 3.29. The number of halogens is 3. The maximum atomic E-state index is 13.2. The summed E-state index contributed by atoms with van der Waals surface area (Å²) in [6, 6.07) is 2.32. The Bertz CT molecular complexity index is 382. The monoisotopic (exact) mass is 265 g/mol. The number of phenolic OH excluding ortho intramolecular Hbond substituents is 1. The molecule has 1 saturated carbocycles. The van der Waals surface area contributed by atoms with Crippen molar-refractivity contribution in [3.63, 3.8) is 0 Å². The van der Waals surface area contributed by atoms with Crippen LogP contribution in [0.15, 0.2) is 12.1 Å². The summed E-state index contributed by atoms with van der Waals surface area (Å²) in [6.07, 6.45) is 3.23. The second-order valence-electron chi connectivity index (χ2n) is 4.04. The van der Waals surface area contributed by atoms with Crippen molar-refractivity contribution < 1.29 is 9.50 Å². The fourth-order valence-electron chi connectivity index (χ4n) is 1.89. The van der Waals surface area contributed by atoms with E-state index in [0.717, 1.165) is 25.3 Å². The summed E-state index contributed by atoms with van der Waals surface area (Å²) < 4.78 is 13.2. The zero-order valence-electron chi connectivity index (χ0n) is 8.62. The lowest BCUT2D eigenvalue weighted by Crippen LogP contribution is -2.27. The van der Waals surface area contributed by atoms with Gasteiger partial charge in [-0.1, -0.05) is 18.0 Å². The van der Waals surface area contributed by atoms with Gasteiger partial charge < -0.3 is 10.8 Å². The Morgan fingerprint density at radius 3 is 2.56 bits per heavy atom. The first kappa shape index (κ1) is 13.6. The van der Waals surface area contributed by atoms with E-state index in [4.69, 9.17) is 17.3 Å². The number of benzene rings is 1. The van der Waals surface area contributed by atoms with Crippen LogP contribution in [0.25, 0.3) is 0 Å². The smallest absolute Gasteiger partial charge is 0.166 e. The zero-order valence-corrected chi connectivity index (χ0v) is 10.2. The Morgan fingerprint density at radius 1 is 1.44 bits per heavy atom. The molecule has 3 N–H and O–H groups in total. The molecule has 0 amide bonds. The van der Waals surface area contributed by atoms with Crippen LogP contribution < -0.4 is 5.73 Å². The van der Waals surface area contributed by atoms with Gasteiger partial charge in [-0.05, 0) is 30.9 Å². The Kier molecular flexibility index (Phi) is 4.42. The first-order chi connectivity index (χ1) is 7.09. The molecule has 90 valence electrons. The van der Waals surface area contributed by atoms with Crippen LogP contribution in [0.5, 0.6) is 5.75 Å². The molecule has 16 heavy (non-hydrogen) atoms. The maximum Gasteiger partial charge on any atom is 0.166 e. The highest BCUT2D eigenvalue weighted by molar-refractivity contribution is 6.30. The van der Waals surface area contributed by atoms with Gasteiger partial charge in [0.15, 0.2) is 11.6 Å². The zero-order chi connectivity index (χ0) is 11.0. The molecular weight excluding hydrogens is 252 g/mol. The number of hydrogen-bond donors (Lipinski definition) is 2. The number of nitrogens with two attached hydrogens (primary N) is 1. The molecular formula is C11H14Cl2FNO. The minimum absolute atomic E-state index is 0. The number of hydrogen-bond acceptors (Lipinski definition) is 2. The molecule has 1 aromatic rings. The molecule has 1 aromatic carbocycles. The Hall–Kier alpha value is -0.510. The standard InChI is InChI=1S/C11H13ClFNO.ClH/c12-7-4-8(11(15)9(13)5-7)10(14)6-2-1-3-6;/h4-6,10,15H,1-3,14H2;1H/t10-;/m0./s1. The van der Waals surface area contributed by atoms with Gasteiger partial charge in [0.1, 0.15) is 0 Å². The quantitative estimate of drug-likeness (QED) is 0.861. The summed E-state index contributed by atoms with van der Waals surface area (Å²) in [7, 11) is 0. The van der Waals surface area contributed by atoms with Gasteiger partial charge >= 0.3 is 0 Å². The molecule has 0 bridgehead atoms. The van der Waals surface area contributed by atoms with E-state index in [1.54, 1.807) is 6.07 Å². The summed E-state index contributed by atoms with van der Waals surface area (Å²) in [5.74, 6) is -0.722. The number of aromatic hydroxyl groups is 1. The Morgan fingerprint density at radius 2 is 2.06 bits per heavy atom. The average molecular weight is 266 g/mol. The van der Waals surface area contributed by atoms with Crippen molar-refractivity contribution in [2.45, 2.75) is 25.3 Å². The van der Waals surface area contributed by atoms with E-state index >= 15 is 0 Å². The van der Waals surface area contributed by atoms with Gasteiger partial charge in [0.05, 0.1) is 0 Å². The van der Waals surface area contributed by atoms with Gasteiger partial charge in [0, 0.05) is 16.6 Å². The molecule has 0 heterocycles. The highest BCUT2D eigenvalue weighted by atomic mass is 35.5. The van der Waals surface area contributed by atoms with Crippen molar-refractivity contribution >= 4 is 24.0 Å². The molecule has 1 aliphatic carbocycles. The second kappa shape index (κ2) is 5.21. The third-order valence-electron chi connectivity index (χ3n) is 3.07. The normalized spacial score (nSPS) is 17.4. The average Bonchev–Trinajstić information content (AvgIpc) is 2.08. The van der Waals surface area contributed by atoms with Gasteiger partial charge in [0.2, 0.25) is 0 Å². The van der Waals surface area contributed by atoms with Gasteiger partial charge in [-0.25, -0.2) is 4.39 Å². The highest BCUT2D eigenvalue weighted by Crippen LogP contribution is 2.40. The maximum absolute atomic E-state index is 13.2. The van der Waals surface area contributed by atoms with Crippen LogP contribution in [0.3, 0.4) is 0 Å². The van der Waals surface area contributed by atoms with Crippen LogP contribution in [0, 0.1) is 11.7 Å². The van der Waals surface area contributed by atoms with Gasteiger partial charge in [-0.3, -0.25) is 0 Å². The van der Waals surface area contributed by atoms with Crippen LogP contribution in [0.1, 0.15) is 30.9 Å². The molecule has 1 fully saturated rings. The highest BCUT2D eigenvalue weighted by Gasteiger charge is 2.28. The van der Waals surface area contributed by atoms with Crippen LogP contribution in [-0.4, -0.2) is 5.11 Å². The van der Waals surface area contributed by atoms with Crippen molar-refractivity contribution in [2.75, 3.05) is 0 Å². The fraction of sp³-hybridized carbons (Fsp3) is 0.455. The van der Waals surface area contributed by atoms with Crippen molar-refractivity contribution in [1.82, 2.24) is 0 Å². The summed E-state index contributed by atoms with van der Waals surface area (Å²) in [5.41, 5.74) is 6.37. The van der Waals surface area contributed by atoms with Crippen molar-refractivity contribution in [2.24, 2.45) is 11.7 Å². The predicted molar refractivity (Wildman–Crippen MR) is 64.6 cm³/mol. The van der Waals surface area contributed by atoms with E-state index in [-0.39, 0.29) is 29.2 Å². The fourth-order valence-corrected chi connectivity index (χ4v) is 2.11. The second-order valence-corrected chi connectivity index (χ2v) is 4.48. The molecule has 0 saturated heterocycles. The van der Waals surface area contributed by atoms with E-state index in [2.05, 4.69) is 0 Å². The summed E-state index contributed by atoms with van der Waals surface area (Å²) in [6.45, 7) is 0. The largest absolute Gasteiger partial charge is 0.505 e. The van der Waals surface area contributed by atoms with E-state index in [0.29, 0.717) is 11.5 Å². The lowest BCUT2D eigenvalue weighted by Gasteiger charge is -2.31. The number of phenols is 1. The molecule has 5 heteroatoms. The first-order valence-electron chi connectivity index (χ1n) is 5.03. The van der Waals surface area contributed by atoms with Crippen LogP contribution in [0.2, 0.25) is 5.02 Å². The molecule has 0 radical (unpaired) electrons. The molecule has 0 aliphatic heterocycles. The predicted octanol–water partition coefficient (Wildman–Crippen LogP) is 3.41. The topological polar surface area (TPSA) is 46.2 Å². The lowest BCUT2D eigenvalue weighted by atomic mass is 9.77. The van der Waals surface area contributed by atoms with E-state index < -0.39 is 5.82 Å². The Balaban J connectivity index is 0.00000128. The molecule has 1 aliphatic rings. The van der Waals surface area contributed by atoms with Gasteiger partial charge in [-0.15, -0.1) is 12.4 Å². The SMILES string of the molecule is Cl.N[C@H](c1cc(Cl)cc(F)c1O)C1CCC1. The molecule has 2 nitrogen and oxygen atoms in total. The Labute approximate surface area is 105 Å². The van der Waals surface area contributed by atoms with Crippen LogP contribution >= 0.6 is 24.0 Å². The van der Waals surface area contributed by atoms with Gasteiger partial charge in [0.25, 0.3) is 0 Å². The van der Waals surface area contributed by atoms with Gasteiger partial charge in [-0.2, -0.15) is 0 Å². The van der Waals surface area contributed by atoms with E-state index in [1.165, 1.54) is 0 Å². The summed E-state index contributed by atoms with van der Waals surface area (Å²) in [4.78, 5) is 0. The van der Waals surface area contributed by atoms with Crippen molar-refractivity contribution in [1.29, 1.82) is 0 Å². The molecule has 0 aromatic heterocycles. The third kappa shape index (κ3) is 2.42. The minimum atomic E-state index is -0.702. The minimum Gasteiger partial charge on any atom is -0.505 e. The molecule has 2 rings (SSSR count). The summed E-state index contributed by atoms with van der Waals surface area (Å²) in [5, 5.41) is 9.82. The molecule has 1 atom stereocenters. The first-order valence-corrected chi connectivity index (χ1v) is 5.41. The van der Waals surface area contributed by atoms with E-state index in [9.17, 15) is 9.50 Å². The van der Waals surface area contributed by atoms with Crippen molar-refractivity contribution in [3.05, 3.63) is 28.5 Å². The van der Waals surface area contributed by atoms with E-state index in [1.807, 2.05) is 0 Å². The van der Waals surface area contributed by atoms with Crippen LogP contribution in [-0.2, 0) is 0 Å². The van der Waals surface area contributed by atoms with Crippen molar-refractivity contribution in [3.8, 4) is 5.75 Å². The lowest BCUT2D eigenvalue weighted by molar-refractivity contribution is 0.259. The number of rotatable bonds is 2. The van der Waals surface area contributed by atoms with Crippen LogP contribution in [0.4, 0.5) is 4.39 Å². The summed E-state index contributed by atoms with van der Waals surface area (Å²) >= 11 is 5.73. The molecule has 0 unspecified atom stereocenters. The molecule has 0 spiro atoms.